The summed E-state index contributed by atoms with van der Waals surface area (Å²) in [6.45, 7) is 7.62. The van der Waals surface area contributed by atoms with Crippen LogP contribution >= 0.6 is 0 Å². The molecule has 0 aromatic heterocycles. The number of hydrogen-bond acceptors (Lipinski definition) is 10. The Kier molecular flexibility index (Phi) is 21.9. The van der Waals surface area contributed by atoms with E-state index in [1.54, 1.807) is 21.3 Å². The van der Waals surface area contributed by atoms with Crippen molar-refractivity contribution >= 4 is 8.80 Å². The van der Waals surface area contributed by atoms with Crippen molar-refractivity contribution < 1.29 is 41.7 Å². The van der Waals surface area contributed by atoms with Crippen LogP contribution in [-0.4, -0.2) is 122 Å². The van der Waals surface area contributed by atoms with E-state index in [9.17, 15) is 0 Å². The maximum atomic E-state index is 6.21. The van der Waals surface area contributed by atoms with Crippen LogP contribution in [0, 0.1) is 0 Å². The predicted molar refractivity (Wildman–Crippen MR) is 115 cm³/mol. The van der Waals surface area contributed by atoms with Gasteiger partial charge in [0.15, 0.2) is 0 Å². The van der Waals surface area contributed by atoms with Crippen LogP contribution in [0.3, 0.4) is 0 Å². The molecular weight excluding hydrogens is 414 g/mol. The van der Waals surface area contributed by atoms with Gasteiger partial charge in [0.05, 0.1) is 84.9 Å². The van der Waals surface area contributed by atoms with Crippen molar-refractivity contribution in [3.05, 3.63) is 0 Å². The van der Waals surface area contributed by atoms with Gasteiger partial charge in [-0.3, -0.25) is 0 Å². The first-order valence-electron chi connectivity index (χ1n) is 10.5. The molecule has 1 atom stereocenters. The molecule has 0 amide bonds. The molecule has 11 heteroatoms. The maximum Gasteiger partial charge on any atom is 0.519 e. The van der Waals surface area contributed by atoms with E-state index in [1.807, 2.05) is 7.05 Å². The third kappa shape index (κ3) is 14.8. The fraction of sp³-hybridized carbons (Fsp3) is 1.00. The van der Waals surface area contributed by atoms with Crippen molar-refractivity contribution in [2.75, 3.05) is 108 Å². The second-order valence-electron chi connectivity index (χ2n) is 6.21. The molecule has 0 aromatic carbocycles. The number of nitrogens with one attached hydrogen (secondary N) is 1. The highest BCUT2D eigenvalue weighted by Gasteiger charge is 2.48. The van der Waals surface area contributed by atoms with Crippen LogP contribution in [0.5, 0.6) is 0 Å². The van der Waals surface area contributed by atoms with Crippen LogP contribution in [-0.2, 0) is 41.7 Å². The molecule has 182 valence electrons. The topological polar surface area (TPSA) is 95.1 Å². The molecule has 0 fully saturated rings. The summed E-state index contributed by atoms with van der Waals surface area (Å²) in [6.07, 6.45) is 0.794. The van der Waals surface area contributed by atoms with Crippen molar-refractivity contribution in [3.63, 3.8) is 0 Å². The number of rotatable bonds is 24. The van der Waals surface area contributed by atoms with Gasteiger partial charge < -0.3 is 47.0 Å². The highest BCUT2D eigenvalue weighted by Crippen LogP contribution is 2.18. The molecule has 1 N–H and O–H groups in total. The van der Waals surface area contributed by atoms with Crippen molar-refractivity contribution in [2.45, 2.75) is 19.0 Å². The lowest BCUT2D eigenvalue weighted by Crippen LogP contribution is -2.62. The molecule has 0 spiro atoms. The van der Waals surface area contributed by atoms with Crippen molar-refractivity contribution in [1.29, 1.82) is 0 Å². The third-order valence-electron chi connectivity index (χ3n) is 4.07. The van der Waals surface area contributed by atoms with Gasteiger partial charge in [-0.15, -0.1) is 0 Å². The van der Waals surface area contributed by atoms with Gasteiger partial charge in [-0.25, -0.2) is 0 Å². The van der Waals surface area contributed by atoms with Gasteiger partial charge in [0.2, 0.25) is 0 Å². The van der Waals surface area contributed by atoms with E-state index in [1.165, 1.54) is 0 Å². The first-order valence-corrected chi connectivity index (χ1v) is 12.3. The predicted octanol–water partition coefficient (Wildman–Crippen LogP) is 0.501. The summed E-state index contributed by atoms with van der Waals surface area (Å²) in [4.78, 5) is 0. The monoisotopic (exact) mass is 457 g/mol. The first-order chi connectivity index (χ1) is 14.7. The Balaban J connectivity index is 4.79. The van der Waals surface area contributed by atoms with Crippen LogP contribution in [0.15, 0.2) is 0 Å². The fourth-order valence-corrected chi connectivity index (χ4v) is 5.33. The van der Waals surface area contributed by atoms with Crippen LogP contribution in [0.1, 0.15) is 13.3 Å². The number of hydrogen-bond donors (Lipinski definition) is 1. The summed E-state index contributed by atoms with van der Waals surface area (Å²) in [5.74, 6) is 0. The summed E-state index contributed by atoms with van der Waals surface area (Å²) >= 11 is 0. The van der Waals surface area contributed by atoms with Gasteiger partial charge in [-0.1, -0.05) is 6.92 Å². The van der Waals surface area contributed by atoms with Crippen LogP contribution in [0.25, 0.3) is 0 Å². The molecule has 0 saturated heterocycles. The molecule has 0 aromatic rings. The lowest BCUT2D eigenvalue weighted by Gasteiger charge is -2.35. The quantitative estimate of drug-likeness (QED) is 0.163. The van der Waals surface area contributed by atoms with Gasteiger partial charge in [0.25, 0.3) is 0 Å². The SMILES string of the molecule is CCC(NC)[Si](OCCOCCOC)(OCCOCCOC)OCCOCCOC. The zero-order valence-corrected chi connectivity index (χ0v) is 20.4. The average Bonchev–Trinajstić information content (AvgIpc) is 2.76. The average molecular weight is 458 g/mol. The van der Waals surface area contributed by atoms with Gasteiger partial charge in [0.1, 0.15) is 0 Å². The molecule has 10 nitrogen and oxygen atoms in total. The highest BCUT2D eigenvalue weighted by atomic mass is 28.4. The molecule has 0 aliphatic rings. The fourth-order valence-electron chi connectivity index (χ4n) is 2.52. The van der Waals surface area contributed by atoms with Gasteiger partial charge in [-0.2, -0.15) is 0 Å². The van der Waals surface area contributed by atoms with Gasteiger partial charge in [0, 0.05) is 21.3 Å². The minimum absolute atomic E-state index is 0.0607. The normalized spacial score (nSPS) is 13.1. The number of ether oxygens (including phenoxy) is 6. The largest absolute Gasteiger partial charge is 0.519 e. The Morgan fingerprint density at radius 1 is 0.567 bits per heavy atom. The maximum absolute atomic E-state index is 6.21. The lowest BCUT2D eigenvalue weighted by atomic mass is 10.5. The standard InChI is InChI=1S/C19H43NO9Si/c1-6-19(20-2)30(27-16-13-24-10-7-21-3,28-17-14-25-11-8-22-4)29-18-15-26-12-9-23-5/h19-20H,6-18H2,1-5H3. The van der Waals surface area contributed by atoms with Crippen molar-refractivity contribution in [1.82, 2.24) is 5.32 Å². The number of methoxy groups -OCH3 is 3. The van der Waals surface area contributed by atoms with Crippen LogP contribution in [0.4, 0.5) is 0 Å². The Morgan fingerprint density at radius 2 is 0.900 bits per heavy atom. The van der Waals surface area contributed by atoms with Crippen LogP contribution < -0.4 is 5.32 Å². The Hall–Kier alpha value is -0.183. The summed E-state index contributed by atoms with van der Waals surface area (Å²) in [7, 11) is 3.73. The second-order valence-corrected chi connectivity index (χ2v) is 8.98. The van der Waals surface area contributed by atoms with E-state index >= 15 is 0 Å². The minimum Gasteiger partial charge on any atom is -0.382 e. The molecule has 30 heavy (non-hydrogen) atoms. The summed E-state index contributed by atoms with van der Waals surface area (Å²) < 4.78 is 50.2. The molecule has 0 radical (unpaired) electrons. The molecule has 0 aliphatic heterocycles. The Bertz CT molecular complexity index is 311. The zero-order valence-electron chi connectivity index (χ0n) is 19.4. The molecule has 0 saturated carbocycles. The lowest BCUT2D eigenvalue weighted by molar-refractivity contribution is -0.0166. The summed E-state index contributed by atoms with van der Waals surface area (Å²) in [6, 6.07) is 0. The van der Waals surface area contributed by atoms with E-state index < -0.39 is 8.80 Å². The van der Waals surface area contributed by atoms with Crippen LogP contribution in [0.2, 0.25) is 0 Å². The molecule has 1 unspecified atom stereocenters. The second kappa shape index (κ2) is 22.0. The minimum atomic E-state index is -3.08. The molecule has 0 aliphatic carbocycles. The van der Waals surface area contributed by atoms with E-state index in [-0.39, 0.29) is 5.67 Å². The molecular formula is C19H43NO9Si. The highest BCUT2D eigenvalue weighted by molar-refractivity contribution is 6.62. The van der Waals surface area contributed by atoms with E-state index in [4.69, 9.17) is 41.7 Å². The van der Waals surface area contributed by atoms with E-state index in [0.29, 0.717) is 79.3 Å². The smallest absolute Gasteiger partial charge is 0.382 e. The van der Waals surface area contributed by atoms with Gasteiger partial charge in [-0.05, 0) is 13.5 Å². The van der Waals surface area contributed by atoms with E-state index in [0.717, 1.165) is 6.42 Å². The Morgan fingerprint density at radius 3 is 1.17 bits per heavy atom. The zero-order chi connectivity index (χ0) is 22.3. The molecule has 0 heterocycles. The Labute approximate surface area is 183 Å². The first kappa shape index (κ1) is 29.8. The summed E-state index contributed by atoms with van der Waals surface area (Å²) in [5, 5.41) is 3.28. The molecule has 0 rings (SSSR count). The van der Waals surface area contributed by atoms with Crippen molar-refractivity contribution in [3.8, 4) is 0 Å². The van der Waals surface area contributed by atoms with Crippen molar-refractivity contribution in [2.24, 2.45) is 0 Å². The van der Waals surface area contributed by atoms with Gasteiger partial charge >= 0.3 is 8.80 Å². The molecule has 0 bridgehead atoms. The third-order valence-corrected chi connectivity index (χ3v) is 7.44. The van der Waals surface area contributed by atoms with E-state index in [2.05, 4.69) is 12.2 Å². The summed E-state index contributed by atoms with van der Waals surface area (Å²) in [5.41, 5.74) is -0.0607.